The van der Waals surface area contributed by atoms with Crippen LogP contribution in [0, 0.1) is 0 Å². The van der Waals surface area contributed by atoms with Gasteiger partial charge in [-0.05, 0) is 78.4 Å². The molecule has 0 amide bonds. The van der Waals surface area contributed by atoms with E-state index in [1.54, 1.807) is 97.1 Å². The van der Waals surface area contributed by atoms with Crippen LogP contribution in [0.2, 0.25) is 0 Å². The monoisotopic (exact) mass is 570 g/mol. The SMILES string of the molecule is O=C(Oc1ccc(-c2cc3c(OC(=O)c4ccccc4)cc(OC(=O)c4ccccc4)cc3s2)cc1)c1ccccc1. The second kappa shape index (κ2) is 11.9. The highest BCUT2D eigenvalue weighted by atomic mass is 32.1. The molecule has 0 aliphatic carbocycles. The number of thiophene rings is 1. The molecule has 0 saturated carbocycles. The molecule has 1 heterocycles. The van der Waals surface area contributed by atoms with E-state index in [2.05, 4.69) is 0 Å². The van der Waals surface area contributed by atoms with Crippen molar-refractivity contribution in [2.45, 2.75) is 0 Å². The highest BCUT2D eigenvalue weighted by molar-refractivity contribution is 7.22. The van der Waals surface area contributed by atoms with Crippen LogP contribution in [0.5, 0.6) is 17.2 Å². The first-order valence-electron chi connectivity index (χ1n) is 13.0. The number of hydrogen-bond donors (Lipinski definition) is 0. The van der Waals surface area contributed by atoms with Gasteiger partial charge in [-0.2, -0.15) is 0 Å². The van der Waals surface area contributed by atoms with E-state index in [1.165, 1.54) is 11.3 Å². The Bertz CT molecular complexity index is 1880. The van der Waals surface area contributed by atoms with Gasteiger partial charge in [0.1, 0.15) is 17.2 Å². The highest BCUT2D eigenvalue weighted by Gasteiger charge is 2.18. The number of rotatable bonds is 7. The van der Waals surface area contributed by atoms with Crippen molar-refractivity contribution < 1.29 is 28.6 Å². The number of hydrogen-bond acceptors (Lipinski definition) is 7. The van der Waals surface area contributed by atoms with E-state index in [0.29, 0.717) is 27.8 Å². The Kier molecular flexibility index (Phi) is 7.57. The van der Waals surface area contributed by atoms with Gasteiger partial charge in [0.15, 0.2) is 0 Å². The molecule has 0 aliphatic rings. The molecule has 6 nitrogen and oxygen atoms in total. The standard InChI is InChI=1S/C35H22O6S/c36-33(24-10-4-1-5-11-24)39-27-18-16-23(17-19-27)31-22-29-30(41-35(38)26-14-8-3-9-15-26)20-28(21-32(29)42-31)40-34(37)25-12-6-2-7-13-25/h1-22H. The maximum Gasteiger partial charge on any atom is 0.343 e. The normalized spacial score (nSPS) is 10.7. The predicted molar refractivity (Wildman–Crippen MR) is 161 cm³/mol. The minimum absolute atomic E-state index is 0.254. The van der Waals surface area contributed by atoms with Gasteiger partial charge in [0.25, 0.3) is 0 Å². The lowest BCUT2D eigenvalue weighted by molar-refractivity contribution is 0.0721. The van der Waals surface area contributed by atoms with Crippen LogP contribution in [-0.4, -0.2) is 17.9 Å². The molecule has 1 aromatic heterocycles. The van der Waals surface area contributed by atoms with Crippen molar-refractivity contribution in [1.29, 1.82) is 0 Å². The third kappa shape index (κ3) is 5.96. The molecule has 0 bridgehead atoms. The van der Waals surface area contributed by atoms with Gasteiger partial charge in [-0.25, -0.2) is 14.4 Å². The summed E-state index contributed by atoms with van der Waals surface area (Å²) < 4.78 is 17.7. The van der Waals surface area contributed by atoms with E-state index < -0.39 is 17.9 Å². The quantitative estimate of drug-likeness (QED) is 0.142. The summed E-state index contributed by atoms with van der Waals surface area (Å²) in [7, 11) is 0. The summed E-state index contributed by atoms with van der Waals surface area (Å²) in [5.74, 6) is -0.542. The largest absolute Gasteiger partial charge is 0.423 e. The van der Waals surface area contributed by atoms with Crippen LogP contribution in [0.15, 0.2) is 133 Å². The van der Waals surface area contributed by atoms with Gasteiger partial charge in [0, 0.05) is 21.0 Å². The maximum absolute atomic E-state index is 12.9. The number of esters is 3. The second-order valence-corrected chi connectivity index (χ2v) is 10.3. The van der Waals surface area contributed by atoms with E-state index >= 15 is 0 Å². The Hall–Kier alpha value is -5.53. The van der Waals surface area contributed by atoms with Crippen molar-refractivity contribution in [3.8, 4) is 27.7 Å². The third-order valence-electron chi connectivity index (χ3n) is 6.36. The molecule has 0 aliphatic heterocycles. The average molecular weight is 571 g/mol. The Labute approximate surface area is 245 Å². The average Bonchev–Trinajstić information content (AvgIpc) is 3.47. The van der Waals surface area contributed by atoms with Crippen molar-refractivity contribution in [2.24, 2.45) is 0 Å². The molecule has 0 spiro atoms. The molecular formula is C35H22O6S. The Morgan fingerprint density at radius 2 is 0.952 bits per heavy atom. The number of fused-ring (bicyclic) bond motifs is 1. The summed E-state index contributed by atoms with van der Waals surface area (Å²) in [5.41, 5.74) is 2.14. The summed E-state index contributed by atoms with van der Waals surface area (Å²) in [5, 5.41) is 0.693. The lowest BCUT2D eigenvalue weighted by Crippen LogP contribution is -2.10. The van der Waals surface area contributed by atoms with Gasteiger partial charge in [-0.3, -0.25) is 0 Å². The molecule has 0 saturated heterocycles. The van der Waals surface area contributed by atoms with Crippen LogP contribution in [0.1, 0.15) is 31.1 Å². The van der Waals surface area contributed by atoms with Gasteiger partial charge in [0.2, 0.25) is 0 Å². The molecule has 42 heavy (non-hydrogen) atoms. The van der Waals surface area contributed by atoms with Crippen LogP contribution >= 0.6 is 11.3 Å². The summed E-state index contributed by atoms with van der Waals surface area (Å²) in [6.07, 6.45) is 0. The summed E-state index contributed by atoms with van der Waals surface area (Å²) >= 11 is 1.45. The molecule has 0 fully saturated rings. The van der Waals surface area contributed by atoms with Gasteiger partial charge in [0.05, 0.1) is 16.7 Å². The van der Waals surface area contributed by atoms with Crippen molar-refractivity contribution in [3.05, 3.63) is 150 Å². The second-order valence-electron chi connectivity index (χ2n) is 9.23. The van der Waals surface area contributed by atoms with Crippen molar-refractivity contribution in [1.82, 2.24) is 0 Å². The van der Waals surface area contributed by atoms with Crippen LogP contribution < -0.4 is 14.2 Å². The molecule has 7 heteroatoms. The minimum atomic E-state index is -0.527. The fourth-order valence-corrected chi connectivity index (χ4v) is 5.38. The van der Waals surface area contributed by atoms with Gasteiger partial charge in [-0.1, -0.05) is 54.6 Å². The molecule has 204 valence electrons. The summed E-state index contributed by atoms with van der Waals surface area (Å²) in [4.78, 5) is 39.0. The van der Waals surface area contributed by atoms with Gasteiger partial charge < -0.3 is 14.2 Å². The molecule has 0 atom stereocenters. The van der Waals surface area contributed by atoms with Crippen LogP contribution in [0.3, 0.4) is 0 Å². The molecule has 6 aromatic rings. The van der Waals surface area contributed by atoms with Gasteiger partial charge in [-0.15, -0.1) is 11.3 Å². The van der Waals surface area contributed by atoms with Gasteiger partial charge >= 0.3 is 17.9 Å². The molecule has 5 aromatic carbocycles. The Morgan fingerprint density at radius 3 is 1.48 bits per heavy atom. The maximum atomic E-state index is 12.9. The minimum Gasteiger partial charge on any atom is -0.423 e. The van der Waals surface area contributed by atoms with Crippen LogP contribution in [-0.2, 0) is 0 Å². The number of benzene rings is 5. The Balaban J connectivity index is 1.31. The fraction of sp³-hybridized carbons (Fsp3) is 0. The topological polar surface area (TPSA) is 78.9 Å². The summed E-state index contributed by atoms with van der Waals surface area (Å²) in [6.45, 7) is 0. The van der Waals surface area contributed by atoms with E-state index in [4.69, 9.17) is 14.2 Å². The molecule has 0 unspecified atom stereocenters. The van der Waals surface area contributed by atoms with E-state index in [1.807, 2.05) is 36.4 Å². The first-order chi connectivity index (χ1) is 20.5. The number of carbonyl (C=O) groups is 3. The highest BCUT2D eigenvalue weighted by Crippen LogP contribution is 2.41. The van der Waals surface area contributed by atoms with Crippen LogP contribution in [0.25, 0.3) is 20.5 Å². The van der Waals surface area contributed by atoms with Crippen molar-refractivity contribution >= 4 is 39.3 Å². The van der Waals surface area contributed by atoms with E-state index in [-0.39, 0.29) is 11.5 Å². The molecule has 0 N–H and O–H groups in total. The lowest BCUT2D eigenvalue weighted by atomic mass is 10.1. The van der Waals surface area contributed by atoms with Crippen molar-refractivity contribution in [2.75, 3.05) is 0 Å². The zero-order valence-electron chi connectivity index (χ0n) is 22.1. The smallest absolute Gasteiger partial charge is 0.343 e. The summed E-state index contributed by atoms with van der Waals surface area (Å²) in [6, 6.07) is 38.5. The number of ether oxygens (including phenoxy) is 3. The lowest BCUT2D eigenvalue weighted by Gasteiger charge is -2.09. The molecule has 0 radical (unpaired) electrons. The zero-order valence-corrected chi connectivity index (χ0v) is 22.9. The third-order valence-corrected chi connectivity index (χ3v) is 7.50. The number of carbonyl (C=O) groups excluding carboxylic acids is 3. The molecular weight excluding hydrogens is 548 g/mol. The predicted octanol–water partition coefficient (Wildman–Crippen LogP) is 8.23. The van der Waals surface area contributed by atoms with E-state index in [9.17, 15) is 14.4 Å². The first kappa shape index (κ1) is 26.7. The van der Waals surface area contributed by atoms with E-state index in [0.717, 1.165) is 15.1 Å². The van der Waals surface area contributed by atoms with Crippen molar-refractivity contribution in [3.63, 3.8) is 0 Å². The molecule has 6 rings (SSSR count). The zero-order chi connectivity index (χ0) is 28.9. The van der Waals surface area contributed by atoms with Crippen LogP contribution in [0.4, 0.5) is 0 Å². The first-order valence-corrected chi connectivity index (χ1v) is 13.8. The Morgan fingerprint density at radius 1 is 0.476 bits per heavy atom. The fourth-order valence-electron chi connectivity index (χ4n) is 4.27.